The Hall–Kier alpha value is -1.38. The third kappa shape index (κ3) is 5.29. The second kappa shape index (κ2) is 8.33. The van der Waals surface area contributed by atoms with Gasteiger partial charge in [-0.25, -0.2) is 12.7 Å². The molecule has 0 radical (unpaired) electrons. The third-order valence-corrected chi connectivity index (χ3v) is 6.27. The molecule has 1 amide bonds. The zero-order chi connectivity index (χ0) is 18.6. The van der Waals surface area contributed by atoms with Crippen LogP contribution in [0.4, 0.5) is 0 Å². The van der Waals surface area contributed by atoms with Crippen molar-refractivity contribution in [3.63, 3.8) is 0 Å². The highest BCUT2D eigenvalue weighted by molar-refractivity contribution is 7.89. The van der Waals surface area contributed by atoms with Crippen molar-refractivity contribution in [1.29, 1.82) is 0 Å². The lowest BCUT2D eigenvalue weighted by Gasteiger charge is -2.13. The molecule has 7 nitrogen and oxygen atoms in total. The number of aryl methyl sites for hydroxylation is 1. The number of sulfonamides is 1. The highest BCUT2D eigenvalue weighted by atomic mass is 35.5. The summed E-state index contributed by atoms with van der Waals surface area (Å²) in [4.78, 5) is 11.9. The van der Waals surface area contributed by atoms with Gasteiger partial charge in [-0.3, -0.25) is 9.48 Å². The summed E-state index contributed by atoms with van der Waals surface area (Å²) < 4.78 is 26.5. The molecule has 1 aromatic heterocycles. The Kier molecular flexibility index (Phi) is 6.65. The van der Waals surface area contributed by atoms with Crippen LogP contribution in [-0.2, 0) is 21.4 Å². The molecule has 1 N–H and O–H groups in total. The Balaban J connectivity index is 1.89. The first-order valence-electron chi connectivity index (χ1n) is 8.37. The minimum Gasteiger partial charge on any atom is -0.351 e. The van der Waals surface area contributed by atoms with E-state index in [1.165, 1.54) is 10.4 Å². The first-order chi connectivity index (χ1) is 11.7. The van der Waals surface area contributed by atoms with Crippen molar-refractivity contribution in [2.45, 2.75) is 33.7 Å². The van der Waals surface area contributed by atoms with E-state index in [0.717, 1.165) is 11.3 Å². The number of rotatable bonds is 7. The number of nitrogens with one attached hydrogen (secondary N) is 1. The number of nitrogens with zero attached hydrogens (tertiary/aromatic N) is 3. The number of halogens is 1. The zero-order valence-electron chi connectivity index (χ0n) is 14.8. The van der Waals surface area contributed by atoms with E-state index in [-0.39, 0.29) is 18.2 Å². The molecular weight excluding hydrogens is 364 g/mol. The van der Waals surface area contributed by atoms with E-state index >= 15 is 0 Å². The lowest BCUT2D eigenvalue weighted by atomic mass is 10.2. The molecule has 2 heterocycles. The van der Waals surface area contributed by atoms with Gasteiger partial charge < -0.3 is 5.32 Å². The van der Waals surface area contributed by atoms with Gasteiger partial charge in [-0.2, -0.15) is 5.10 Å². The van der Waals surface area contributed by atoms with Crippen molar-refractivity contribution in [3.05, 3.63) is 22.5 Å². The first kappa shape index (κ1) is 19.9. The van der Waals surface area contributed by atoms with Crippen LogP contribution in [0.5, 0.6) is 0 Å². The van der Waals surface area contributed by atoms with Crippen LogP contribution in [0.1, 0.15) is 31.5 Å². The largest absolute Gasteiger partial charge is 0.351 e. The molecule has 1 saturated heterocycles. The van der Waals surface area contributed by atoms with Gasteiger partial charge in [0.15, 0.2) is 0 Å². The van der Waals surface area contributed by atoms with Crippen molar-refractivity contribution in [2.75, 3.05) is 25.4 Å². The molecule has 0 bridgehead atoms. The fourth-order valence-electron chi connectivity index (χ4n) is 2.69. The van der Waals surface area contributed by atoms with Gasteiger partial charge in [-0.15, -0.1) is 0 Å². The van der Waals surface area contributed by atoms with Crippen molar-refractivity contribution in [3.8, 4) is 0 Å². The van der Waals surface area contributed by atoms with Gasteiger partial charge >= 0.3 is 0 Å². The summed E-state index contributed by atoms with van der Waals surface area (Å²) in [6, 6.07) is 0. The van der Waals surface area contributed by atoms with Gasteiger partial charge in [-0.05, 0) is 25.3 Å². The maximum absolute atomic E-state index is 11.9. The predicted octanol–water partition coefficient (Wildman–Crippen LogP) is 1.67. The van der Waals surface area contributed by atoms with E-state index in [4.69, 9.17) is 11.6 Å². The minimum atomic E-state index is -3.12. The summed E-state index contributed by atoms with van der Waals surface area (Å²) in [6.07, 6.45) is 3.69. The van der Waals surface area contributed by atoms with Crippen LogP contribution in [-0.4, -0.2) is 53.8 Å². The van der Waals surface area contributed by atoms with Crippen molar-refractivity contribution >= 4 is 33.6 Å². The molecule has 1 aromatic rings. The SMILES string of the molecule is Cc1nn(CC(C)C)c(Cl)c1C=CC(=O)NCCN1CCCS1(=O)=O. The monoisotopic (exact) mass is 388 g/mol. The Morgan fingerprint density at radius 1 is 1.44 bits per heavy atom. The van der Waals surface area contributed by atoms with Crippen LogP contribution in [0, 0.1) is 12.8 Å². The predicted molar refractivity (Wildman–Crippen MR) is 98.8 cm³/mol. The Morgan fingerprint density at radius 2 is 2.16 bits per heavy atom. The summed E-state index contributed by atoms with van der Waals surface area (Å²) in [5.41, 5.74) is 1.48. The zero-order valence-corrected chi connectivity index (χ0v) is 16.4. The second-order valence-corrected chi connectivity index (χ2v) is 9.01. The Bertz CT molecular complexity index is 756. The maximum Gasteiger partial charge on any atom is 0.244 e. The minimum absolute atomic E-state index is 0.193. The topological polar surface area (TPSA) is 84.3 Å². The number of hydrogen-bond acceptors (Lipinski definition) is 4. The van der Waals surface area contributed by atoms with Crippen LogP contribution in [0.15, 0.2) is 6.08 Å². The molecule has 2 rings (SSSR count). The van der Waals surface area contributed by atoms with Crippen LogP contribution in [0.3, 0.4) is 0 Å². The Labute approximate surface area is 154 Å². The summed E-state index contributed by atoms with van der Waals surface area (Å²) in [6.45, 7) is 7.82. The molecule has 0 atom stereocenters. The number of hydrogen-bond donors (Lipinski definition) is 1. The molecule has 0 unspecified atom stereocenters. The lowest BCUT2D eigenvalue weighted by Crippen LogP contribution is -2.35. The summed E-state index contributed by atoms with van der Waals surface area (Å²) in [5.74, 6) is 0.321. The van der Waals surface area contributed by atoms with Crippen LogP contribution >= 0.6 is 11.6 Å². The molecule has 25 heavy (non-hydrogen) atoms. The number of amides is 1. The van der Waals surface area contributed by atoms with E-state index in [2.05, 4.69) is 24.3 Å². The average Bonchev–Trinajstić information content (AvgIpc) is 2.97. The number of aromatic nitrogens is 2. The van der Waals surface area contributed by atoms with E-state index in [9.17, 15) is 13.2 Å². The first-order valence-corrected chi connectivity index (χ1v) is 10.4. The average molecular weight is 389 g/mol. The van der Waals surface area contributed by atoms with Gasteiger partial charge in [-0.1, -0.05) is 25.4 Å². The standard InChI is InChI=1S/C16H25ClN4O3S/c1-12(2)11-21-16(17)14(13(3)19-21)5-6-15(22)18-7-9-20-8-4-10-25(20,23)24/h5-6,12H,4,7-11H2,1-3H3,(H,18,22). The molecule has 140 valence electrons. The quantitative estimate of drug-likeness (QED) is 0.720. The van der Waals surface area contributed by atoms with Crippen LogP contribution < -0.4 is 5.32 Å². The molecule has 0 aliphatic carbocycles. The van der Waals surface area contributed by atoms with Crippen LogP contribution in [0.25, 0.3) is 6.08 Å². The fourth-order valence-corrected chi connectivity index (χ4v) is 4.52. The van der Waals surface area contributed by atoms with Gasteiger partial charge in [0.05, 0.1) is 11.4 Å². The van der Waals surface area contributed by atoms with E-state index in [0.29, 0.717) is 37.1 Å². The van der Waals surface area contributed by atoms with Gasteiger partial charge in [0.1, 0.15) is 5.15 Å². The lowest BCUT2D eigenvalue weighted by molar-refractivity contribution is -0.116. The maximum atomic E-state index is 11.9. The third-order valence-electron chi connectivity index (χ3n) is 3.91. The number of carbonyl (C=O) groups excluding carboxylic acids is 1. The summed E-state index contributed by atoms with van der Waals surface area (Å²) in [7, 11) is -3.12. The molecule has 0 aromatic carbocycles. The highest BCUT2D eigenvalue weighted by Crippen LogP contribution is 2.22. The molecule has 1 fully saturated rings. The molecule has 1 aliphatic heterocycles. The van der Waals surface area contributed by atoms with Gasteiger partial charge in [0.2, 0.25) is 15.9 Å². The molecule has 1 aliphatic rings. The number of carbonyl (C=O) groups is 1. The smallest absolute Gasteiger partial charge is 0.244 e. The van der Waals surface area contributed by atoms with Crippen molar-refractivity contribution in [2.24, 2.45) is 5.92 Å². The van der Waals surface area contributed by atoms with Crippen molar-refractivity contribution in [1.82, 2.24) is 19.4 Å². The van der Waals surface area contributed by atoms with E-state index in [1.54, 1.807) is 10.8 Å². The van der Waals surface area contributed by atoms with E-state index < -0.39 is 10.0 Å². The normalized spacial score (nSPS) is 17.6. The molecule has 9 heteroatoms. The second-order valence-electron chi connectivity index (χ2n) is 6.56. The molecule has 0 saturated carbocycles. The summed E-state index contributed by atoms with van der Waals surface area (Å²) in [5, 5.41) is 7.59. The van der Waals surface area contributed by atoms with Gasteiger partial charge in [0.25, 0.3) is 0 Å². The Morgan fingerprint density at radius 3 is 2.76 bits per heavy atom. The summed E-state index contributed by atoms with van der Waals surface area (Å²) >= 11 is 6.32. The van der Waals surface area contributed by atoms with E-state index in [1.807, 2.05) is 6.92 Å². The van der Waals surface area contributed by atoms with Gasteiger partial charge in [0, 0.05) is 37.8 Å². The van der Waals surface area contributed by atoms with Crippen LogP contribution in [0.2, 0.25) is 5.15 Å². The fraction of sp³-hybridized carbons (Fsp3) is 0.625. The highest BCUT2D eigenvalue weighted by Gasteiger charge is 2.27. The molecular formula is C16H25ClN4O3S. The van der Waals surface area contributed by atoms with Crippen molar-refractivity contribution < 1.29 is 13.2 Å². The molecule has 0 spiro atoms.